The van der Waals surface area contributed by atoms with Crippen molar-refractivity contribution in [3.63, 3.8) is 0 Å². The van der Waals surface area contributed by atoms with Gasteiger partial charge in [0.15, 0.2) is 0 Å². The van der Waals surface area contributed by atoms with Crippen LogP contribution in [0.5, 0.6) is 0 Å². The summed E-state index contributed by atoms with van der Waals surface area (Å²) in [6.07, 6.45) is 4.37. The highest BCUT2D eigenvalue weighted by molar-refractivity contribution is 6.31. The molecule has 1 nitrogen and oxygen atoms in total. The number of nitrogens with two attached hydrogens (primary N) is 1. The monoisotopic (exact) mass is 253 g/mol. The molecular formula is C15H24ClN. The summed E-state index contributed by atoms with van der Waals surface area (Å²) in [5, 5.41) is 0.832. The topological polar surface area (TPSA) is 26.0 Å². The van der Waals surface area contributed by atoms with E-state index in [1.165, 1.54) is 12.8 Å². The SMILES string of the molecule is CC(C)(C)CCCC(N)Cc1ccccc1Cl. The highest BCUT2D eigenvalue weighted by atomic mass is 35.5. The van der Waals surface area contributed by atoms with Crippen LogP contribution in [0.4, 0.5) is 0 Å². The molecule has 0 amide bonds. The molecule has 2 heteroatoms. The van der Waals surface area contributed by atoms with Crippen LogP contribution < -0.4 is 5.73 Å². The average Bonchev–Trinajstić information content (AvgIpc) is 2.19. The van der Waals surface area contributed by atoms with E-state index in [9.17, 15) is 0 Å². The van der Waals surface area contributed by atoms with Crippen LogP contribution in [0.1, 0.15) is 45.6 Å². The summed E-state index contributed by atoms with van der Waals surface area (Å²) in [5.41, 5.74) is 7.72. The molecule has 2 N–H and O–H groups in total. The van der Waals surface area contributed by atoms with Gasteiger partial charge < -0.3 is 5.73 Å². The van der Waals surface area contributed by atoms with Gasteiger partial charge in [-0.05, 0) is 36.3 Å². The van der Waals surface area contributed by atoms with Crippen LogP contribution >= 0.6 is 11.6 Å². The molecule has 1 aromatic rings. The van der Waals surface area contributed by atoms with E-state index in [4.69, 9.17) is 17.3 Å². The molecule has 1 unspecified atom stereocenters. The minimum Gasteiger partial charge on any atom is -0.327 e. The van der Waals surface area contributed by atoms with Crippen LogP contribution in [0.2, 0.25) is 5.02 Å². The lowest BCUT2D eigenvalue weighted by Crippen LogP contribution is -2.23. The first-order valence-electron chi connectivity index (χ1n) is 6.37. The Morgan fingerprint density at radius 3 is 2.47 bits per heavy atom. The summed E-state index contributed by atoms with van der Waals surface area (Å²) in [6.45, 7) is 6.81. The first kappa shape index (κ1) is 14.5. The third-order valence-electron chi connectivity index (χ3n) is 2.94. The fourth-order valence-corrected chi connectivity index (χ4v) is 2.16. The van der Waals surface area contributed by atoms with Crippen molar-refractivity contribution >= 4 is 11.6 Å². The summed E-state index contributed by atoms with van der Waals surface area (Å²) < 4.78 is 0. The molecule has 96 valence electrons. The molecule has 0 bridgehead atoms. The van der Waals surface area contributed by atoms with E-state index < -0.39 is 0 Å². The summed E-state index contributed by atoms with van der Waals surface area (Å²) in [5.74, 6) is 0. The molecule has 0 aliphatic heterocycles. The Balaban J connectivity index is 2.35. The van der Waals surface area contributed by atoms with Gasteiger partial charge in [-0.2, -0.15) is 0 Å². The quantitative estimate of drug-likeness (QED) is 0.826. The molecule has 0 heterocycles. The van der Waals surface area contributed by atoms with Crippen molar-refractivity contribution in [3.8, 4) is 0 Å². The van der Waals surface area contributed by atoms with Crippen molar-refractivity contribution in [2.24, 2.45) is 11.1 Å². The summed E-state index contributed by atoms with van der Waals surface area (Å²) in [6, 6.07) is 8.18. The second-order valence-electron chi connectivity index (χ2n) is 6.01. The molecule has 1 rings (SSSR count). The van der Waals surface area contributed by atoms with Crippen molar-refractivity contribution in [1.82, 2.24) is 0 Å². The number of halogens is 1. The van der Waals surface area contributed by atoms with Crippen molar-refractivity contribution in [1.29, 1.82) is 0 Å². The van der Waals surface area contributed by atoms with Crippen molar-refractivity contribution in [3.05, 3.63) is 34.9 Å². The van der Waals surface area contributed by atoms with E-state index in [1.54, 1.807) is 0 Å². The lowest BCUT2D eigenvalue weighted by Gasteiger charge is -2.19. The summed E-state index contributed by atoms with van der Waals surface area (Å²) in [7, 11) is 0. The highest BCUT2D eigenvalue weighted by Gasteiger charge is 2.12. The van der Waals surface area contributed by atoms with Gasteiger partial charge in [0.25, 0.3) is 0 Å². The van der Waals surface area contributed by atoms with E-state index in [0.29, 0.717) is 5.41 Å². The van der Waals surface area contributed by atoms with Gasteiger partial charge in [-0.1, -0.05) is 57.0 Å². The Labute approximate surface area is 110 Å². The highest BCUT2D eigenvalue weighted by Crippen LogP contribution is 2.23. The van der Waals surface area contributed by atoms with Crippen LogP contribution in [0.3, 0.4) is 0 Å². The molecule has 0 fully saturated rings. The third-order valence-corrected chi connectivity index (χ3v) is 3.31. The lowest BCUT2D eigenvalue weighted by atomic mass is 9.88. The molecule has 0 aliphatic rings. The molecular weight excluding hydrogens is 230 g/mol. The maximum absolute atomic E-state index is 6.15. The van der Waals surface area contributed by atoms with Gasteiger partial charge in [-0.25, -0.2) is 0 Å². The number of rotatable bonds is 5. The molecule has 17 heavy (non-hydrogen) atoms. The normalized spacial score (nSPS) is 13.7. The van der Waals surface area contributed by atoms with Gasteiger partial charge in [-0.15, -0.1) is 0 Å². The Morgan fingerprint density at radius 2 is 1.88 bits per heavy atom. The molecule has 0 aliphatic carbocycles. The van der Waals surface area contributed by atoms with E-state index in [2.05, 4.69) is 26.8 Å². The Hall–Kier alpha value is -0.530. The lowest BCUT2D eigenvalue weighted by molar-refractivity contribution is 0.352. The van der Waals surface area contributed by atoms with Crippen molar-refractivity contribution in [2.75, 3.05) is 0 Å². The number of benzene rings is 1. The van der Waals surface area contributed by atoms with Crippen LogP contribution in [-0.4, -0.2) is 6.04 Å². The Bertz CT molecular complexity index is 341. The minimum atomic E-state index is 0.220. The fraction of sp³-hybridized carbons (Fsp3) is 0.600. The van der Waals surface area contributed by atoms with Gasteiger partial charge >= 0.3 is 0 Å². The fourth-order valence-electron chi connectivity index (χ4n) is 1.94. The van der Waals surface area contributed by atoms with Crippen LogP contribution in [0.15, 0.2) is 24.3 Å². The first-order valence-corrected chi connectivity index (χ1v) is 6.75. The number of hydrogen-bond donors (Lipinski definition) is 1. The smallest absolute Gasteiger partial charge is 0.0438 e. The minimum absolute atomic E-state index is 0.220. The van der Waals surface area contributed by atoms with Gasteiger partial charge in [0, 0.05) is 11.1 Å². The third kappa shape index (κ3) is 6.09. The Kier molecular flexibility index (Phi) is 5.48. The summed E-state index contributed by atoms with van der Waals surface area (Å²) in [4.78, 5) is 0. The second-order valence-corrected chi connectivity index (χ2v) is 6.42. The Morgan fingerprint density at radius 1 is 1.24 bits per heavy atom. The van der Waals surface area contributed by atoms with Crippen molar-refractivity contribution < 1.29 is 0 Å². The van der Waals surface area contributed by atoms with E-state index in [0.717, 1.165) is 23.4 Å². The predicted molar refractivity (Wildman–Crippen MR) is 76.4 cm³/mol. The molecule has 1 atom stereocenters. The van der Waals surface area contributed by atoms with Gasteiger partial charge in [0.2, 0.25) is 0 Å². The second kappa shape index (κ2) is 6.42. The molecule has 0 aromatic heterocycles. The zero-order chi connectivity index (χ0) is 12.9. The molecule has 1 aromatic carbocycles. The van der Waals surface area contributed by atoms with Gasteiger partial charge in [0.1, 0.15) is 0 Å². The van der Waals surface area contributed by atoms with E-state index in [1.807, 2.05) is 18.2 Å². The van der Waals surface area contributed by atoms with Crippen molar-refractivity contribution in [2.45, 2.75) is 52.5 Å². The zero-order valence-electron chi connectivity index (χ0n) is 11.2. The van der Waals surface area contributed by atoms with Crippen LogP contribution in [-0.2, 0) is 6.42 Å². The first-order chi connectivity index (χ1) is 7.88. The summed E-state index contributed by atoms with van der Waals surface area (Å²) >= 11 is 6.12. The van der Waals surface area contributed by atoms with Gasteiger partial charge in [-0.3, -0.25) is 0 Å². The zero-order valence-corrected chi connectivity index (χ0v) is 11.9. The standard InChI is InChI=1S/C15H24ClN/c1-15(2,3)10-6-8-13(17)11-12-7-4-5-9-14(12)16/h4-5,7,9,13H,6,8,10-11,17H2,1-3H3. The average molecular weight is 254 g/mol. The maximum atomic E-state index is 6.15. The molecule has 0 saturated heterocycles. The molecule has 0 spiro atoms. The van der Waals surface area contributed by atoms with Crippen LogP contribution in [0, 0.1) is 5.41 Å². The van der Waals surface area contributed by atoms with Crippen LogP contribution in [0.25, 0.3) is 0 Å². The van der Waals surface area contributed by atoms with Gasteiger partial charge in [0.05, 0.1) is 0 Å². The largest absolute Gasteiger partial charge is 0.327 e. The van der Waals surface area contributed by atoms with E-state index in [-0.39, 0.29) is 6.04 Å². The van der Waals surface area contributed by atoms with E-state index >= 15 is 0 Å². The predicted octanol–water partition coefficient (Wildman–Crippen LogP) is 4.43. The maximum Gasteiger partial charge on any atom is 0.0438 e. The molecule has 0 radical (unpaired) electrons. The molecule has 0 saturated carbocycles. The number of hydrogen-bond acceptors (Lipinski definition) is 1.